The maximum Gasteiger partial charge on any atom is 0.253 e. The van der Waals surface area contributed by atoms with Crippen LogP contribution in [0.1, 0.15) is 23.2 Å². The van der Waals surface area contributed by atoms with E-state index in [4.69, 9.17) is 10.5 Å². The number of carbonyl (C=O) groups excluding carboxylic acids is 1. The standard InChI is InChI=1S/C16H25N3O2/c1-21-15-6-4-14(5-7-15)16(20)19-12-10-18(11-13-19)9-3-2-8-17/h4-7H,2-3,8-13,17H2,1H3. The normalized spacial score (nSPS) is 16.0. The van der Waals surface area contributed by atoms with Crippen molar-refractivity contribution in [2.45, 2.75) is 12.8 Å². The van der Waals surface area contributed by atoms with E-state index < -0.39 is 0 Å². The van der Waals surface area contributed by atoms with Crippen LogP contribution in [0.4, 0.5) is 0 Å². The SMILES string of the molecule is COc1ccc(C(=O)N2CCN(CCCCN)CC2)cc1. The van der Waals surface area contributed by atoms with Crippen LogP contribution in [-0.2, 0) is 0 Å². The zero-order valence-electron chi connectivity index (χ0n) is 12.8. The summed E-state index contributed by atoms with van der Waals surface area (Å²) in [7, 11) is 1.63. The van der Waals surface area contributed by atoms with Gasteiger partial charge in [-0.3, -0.25) is 9.69 Å². The highest BCUT2D eigenvalue weighted by atomic mass is 16.5. The highest BCUT2D eigenvalue weighted by Crippen LogP contribution is 2.14. The predicted molar refractivity (Wildman–Crippen MR) is 83.6 cm³/mol. The lowest BCUT2D eigenvalue weighted by Gasteiger charge is -2.34. The average Bonchev–Trinajstić information content (AvgIpc) is 2.55. The zero-order valence-corrected chi connectivity index (χ0v) is 12.8. The molecule has 1 aliphatic heterocycles. The summed E-state index contributed by atoms with van der Waals surface area (Å²) in [6, 6.07) is 7.32. The number of methoxy groups -OCH3 is 1. The number of piperazine rings is 1. The number of unbranched alkanes of at least 4 members (excludes halogenated alkanes) is 1. The maximum absolute atomic E-state index is 12.4. The monoisotopic (exact) mass is 291 g/mol. The largest absolute Gasteiger partial charge is 0.497 e. The Kier molecular flexibility index (Phi) is 6.02. The molecule has 1 heterocycles. The first-order valence-corrected chi connectivity index (χ1v) is 7.60. The number of amides is 1. The molecule has 21 heavy (non-hydrogen) atoms. The second-order valence-corrected chi connectivity index (χ2v) is 5.36. The van der Waals surface area contributed by atoms with Crippen LogP contribution in [0, 0.1) is 0 Å². The molecule has 1 saturated heterocycles. The summed E-state index contributed by atoms with van der Waals surface area (Å²) in [4.78, 5) is 16.8. The van der Waals surface area contributed by atoms with Crippen molar-refractivity contribution in [1.29, 1.82) is 0 Å². The number of rotatable bonds is 6. The van der Waals surface area contributed by atoms with Crippen LogP contribution in [0.3, 0.4) is 0 Å². The van der Waals surface area contributed by atoms with E-state index in [2.05, 4.69) is 4.90 Å². The van der Waals surface area contributed by atoms with E-state index in [1.807, 2.05) is 29.2 Å². The molecule has 2 rings (SSSR count). The highest BCUT2D eigenvalue weighted by molar-refractivity contribution is 5.94. The van der Waals surface area contributed by atoms with Gasteiger partial charge in [0.15, 0.2) is 0 Å². The van der Waals surface area contributed by atoms with Crippen LogP contribution in [0.25, 0.3) is 0 Å². The van der Waals surface area contributed by atoms with Crippen molar-refractivity contribution in [3.8, 4) is 5.75 Å². The predicted octanol–water partition coefficient (Wildman–Crippen LogP) is 1.19. The summed E-state index contributed by atoms with van der Waals surface area (Å²) in [6.07, 6.45) is 2.22. The van der Waals surface area contributed by atoms with Crippen LogP contribution in [0.2, 0.25) is 0 Å². The first-order valence-electron chi connectivity index (χ1n) is 7.60. The molecule has 1 aliphatic rings. The molecule has 0 saturated carbocycles. The van der Waals surface area contributed by atoms with Gasteiger partial charge in [-0.1, -0.05) is 0 Å². The second kappa shape index (κ2) is 8.00. The lowest BCUT2D eigenvalue weighted by Crippen LogP contribution is -2.48. The van der Waals surface area contributed by atoms with E-state index in [1.165, 1.54) is 0 Å². The van der Waals surface area contributed by atoms with E-state index in [-0.39, 0.29) is 5.91 Å². The van der Waals surface area contributed by atoms with E-state index in [1.54, 1.807) is 7.11 Å². The lowest BCUT2D eigenvalue weighted by molar-refractivity contribution is 0.0635. The molecular formula is C16H25N3O2. The molecule has 1 aromatic carbocycles. The van der Waals surface area contributed by atoms with Crippen molar-refractivity contribution in [2.75, 3.05) is 46.4 Å². The van der Waals surface area contributed by atoms with Gasteiger partial charge in [0, 0.05) is 31.7 Å². The number of ether oxygens (including phenoxy) is 1. The molecule has 1 aromatic rings. The molecule has 0 spiro atoms. The van der Waals surface area contributed by atoms with Gasteiger partial charge >= 0.3 is 0 Å². The number of nitrogens with two attached hydrogens (primary N) is 1. The molecule has 5 heteroatoms. The molecule has 116 valence electrons. The minimum atomic E-state index is 0.110. The summed E-state index contributed by atoms with van der Waals surface area (Å²) in [6.45, 7) is 5.34. The molecule has 2 N–H and O–H groups in total. The Bertz CT molecular complexity index is 439. The van der Waals surface area contributed by atoms with Gasteiger partial charge in [-0.2, -0.15) is 0 Å². The van der Waals surface area contributed by atoms with Gasteiger partial charge in [-0.05, 0) is 50.2 Å². The third-order valence-corrected chi connectivity index (χ3v) is 3.92. The van der Waals surface area contributed by atoms with Crippen molar-refractivity contribution in [3.63, 3.8) is 0 Å². The molecular weight excluding hydrogens is 266 g/mol. The quantitative estimate of drug-likeness (QED) is 0.800. The Morgan fingerprint density at radius 3 is 2.38 bits per heavy atom. The van der Waals surface area contributed by atoms with Crippen LogP contribution in [0.5, 0.6) is 5.75 Å². The van der Waals surface area contributed by atoms with Crippen molar-refractivity contribution < 1.29 is 9.53 Å². The van der Waals surface area contributed by atoms with E-state index >= 15 is 0 Å². The Morgan fingerprint density at radius 1 is 1.14 bits per heavy atom. The maximum atomic E-state index is 12.4. The Labute approximate surface area is 126 Å². The van der Waals surface area contributed by atoms with Gasteiger partial charge in [0.25, 0.3) is 5.91 Å². The van der Waals surface area contributed by atoms with Gasteiger partial charge in [-0.25, -0.2) is 0 Å². The van der Waals surface area contributed by atoms with Gasteiger partial charge in [0.1, 0.15) is 5.75 Å². The molecule has 0 atom stereocenters. The van der Waals surface area contributed by atoms with Crippen molar-refractivity contribution in [1.82, 2.24) is 9.80 Å². The molecule has 5 nitrogen and oxygen atoms in total. The van der Waals surface area contributed by atoms with Crippen LogP contribution < -0.4 is 10.5 Å². The van der Waals surface area contributed by atoms with Gasteiger partial charge in [0.05, 0.1) is 7.11 Å². The third kappa shape index (κ3) is 4.44. The van der Waals surface area contributed by atoms with Crippen molar-refractivity contribution in [2.24, 2.45) is 5.73 Å². The van der Waals surface area contributed by atoms with Crippen LogP contribution in [-0.4, -0.2) is 62.1 Å². The topological polar surface area (TPSA) is 58.8 Å². The number of hydrogen-bond donors (Lipinski definition) is 1. The Morgan fingerprint density at radius 2 is 1.81 bits per heavy atom. The van der Waals surface area contributed by atoms with E-state index in [9.17, 15) is 4.79 Å². The fourth-order valence-electron chi connectivity index (χ4n) is 2.57. The van der Waals surface area contributed by atoms with Crippen molar-refractivity contribution in [3.05, 3.63) is 29.8 Å². The fraction of sp³-hybridized carbons (Fsp3) is 0.562. The second-order valence-electron chi connectivity index (χ2n) is 5.36. The van der Waals surface area contributed by atoms with Crippen molar-refractivity contribution >= 4 is 5.91 Å². The molecule has 0 aromatic heterocycles. The molecule has 0 bridgehead atoms. The van der Waals surface area contributed by atoms with E-state index in [0.29, 0.717) is 0 Å². The van der Waals surface area contributed by atoms with Crippen LogP contribution in [0.15, 0.2) is 24.3 Å². The third-order valence-electron chi connectivity index (χ3n) is 3.92. The Balaban J connectivity index is 1.82. The zero-order chi connectivity index (χ0) is 15.1. The summed E-state index contributed by atoms with van der Waals surface area (Å²) in [5.74, 6) is 0.885. The lowest BCUT2D eigenvalue weighted by atomic mass is 10.1. The molecule has 0 radical (unpaired) electrons. The van der Waals surface area contributed by atoms with Gasteiger partial charge < -0.3 is 15.4 Å². The first-order chi connectivity index (χ1) is 10.2. The summed E-state index contributed by atoms with van der Waals surface area (Å²) < 4.78 is 5.11. The molecule has 1 fully saturated rings. The molecule has 0 aliphatic carbocycles. The fourth-order valence-corrected chi connectivity index (χ4v) is 2.57. The summed E-state index contributed by atoms with van der Waals surface area (Å²) in [5, 5.41) is 0. The van der Waals surface area contributed by atoms with Gasteiger partial charge in [0.2, 0.25) is 0 Å². The number of benzene rings is 1. The Hall–Kier alpha value is -1.59. The smallest absolute Gasteiger partial charge is 0.253 e. The number of nitrogens with zero attached hydrogens (tertiary/aromatic N) is 2. The average molecular weight is 291 g/mol. The number of hydrogen-bond acceptors (Lipinski definition) is 4. The van der Waals surface area contributed by atoms with Gasteiger partial charge in [-0.15, -0.1) is 0 Å². The first kappa shape index (κ1) is 15.8. The summed E-state index contributed by atoms with van der Waals surface area (Å²) in [5.41, 5.74) is 6.24. The number of carbonyl (C=O) groups is 1. The van der Waals surface area contributed by atoms with E-state index in [0.717, 1.165) is 63.4 Å². The minimum Gasteiger partial charge on any atom is -0.497 e. The summed E-state index contributed by atoms with van der Waals surface area (Å²) >= 11 is 0. The van der Waals surface area contributed by atoms with Crippen LogP contribution >= 0.6 is 0 Å². The minimum absolute atomic E-state index is 0.110. The highest BCUT2D eigenvalue weighted by Gasteiger charge is 2.21. The molecule has 1 amide bonds. The molecule has 0 unspecified atom stereocenters.